The van der Waals surface area contributed by atoms with E-state index in [4.69, 9.17) is 20.4 Å². The molecule has 0 aliphatic rings. The highest BCUT2D eigenvalue weighted by Crippen LogP contribution is 2.16. The van der Waals surface area contributed by atoms with Crippen molar-refractivity contribution in [3.05, 3.63) is 29.3 Å². The molecule has 0 atom stereocenters. The van der Waals surface area contributed by atoms with Gasteiger partial charge in [0.05, 0.1) is 38.5 Å². The molecule has 0 saturated carbocycles. The van der Waals surface area contributed by atoms with E-state index in [1.165, 1.54) is 18.2 Å². The second-order valence-corrected chi connectivity index (χ2v) is 5.40. The zero-order valence-corrected chi connectivity index (χ0v) is 14.0. The van der Waals surface area contributed by atoms with Crippen molar-refractivity contribution in [1.29, 1.82) is 0 Å². The van der Waals surface area contributed by atoms with Crippen molar-refractivity contribution in [3.8, 4) is 0 Å². The zero-order chi connectivity index (χ0) is 18.8. The standard InChI is InChI=1S/C16H25N3O6/c1-2-17-12-4-10(15(24)18-13(6-20)7-21)3-11(5-12)16(25)19-14(8-22)9-23/h3-5,13-14,17,20-23H,2,6-9H2,1H3,(H,18,24)(H,19,25). The van der Waals surface area contributed by atoms with Crippen LogP contribution in [-0.4, -0.2) is 77.3 Å². The number of amides is 2. The molecule has 0 aliphatic heterocycles. The molecule has 1 aromatic carbocycles. The smallest absolute Gasteiger partial charge is 0.251 e. The van der Waals surface area contributed by atoms with Gasteiger partial charge < -0.3 is 36.4 Å². The maximum Gasteiger partial charge on any atom is 0.251 e. The van der Waals surface area contributed by atoms with Crippen LogP contribution in [0.1, 0.15) is 27.6 Å². The third kappa shape index (κ3) is 6.31. The van der Waals surface area contributed by atoms with Gasteiger partial charge in [-0.15, -0.1) is 0 Å². The van der Waals surface area contributed by atoms with Gasteiger partial charge in [-0.05, 0) is 25.1 Å². The molecule has 140 valence electrons. The predicted molar refractivity (Wildman–Crippen MR) is 91.5 cm³/mol. The summed E-state index contributed by atoms with van der Waals surface area (Å²) in [5.74, 6) is -1.11. The summed E-state index contributed by atoms with van der Waals surface area (Å²) < 4.78 is 0. The van der Waals surface area contributed by atoms with Gasteiger partial charge in [-0.25, -0.2) is 0 Å². The normalized spacial score (nSPS) is 10.8. The second-order valence-electron chi connectivity index (χ2n) is 5.40. The molecule has 0 aromatic heterocycles. The van der Waals surface area contributed by atoms with Gasteiger partial charge >= 0.3 is 0 Å². The van der Waals surface area contributed by atoms with Crippen LogP contribution in [0.4, 0.5) is 5.69 Å². The molecule has 0 saturated heterocycles. The van der Waals surface area contributed by atoms with E-state index in [1.54, 1.807) is 0 Å². The van der Waals surface area contributed by atoms with E-state index >= 15 is 0 Å². The Morgan fingerprint density at radius 3 is 1.56 bits per heavy atom. The Balaban J connectivity index is 3.07. The summed E-state index contributed by atoms with van der Waals surface area (Å²) in [6.45, 7) is 0.744. The number of aliphatic hydroxyl groups is 4. The molecule has 0 heterocycles. The van der Waals surface area contributed by atoms with E-state index in [0.717, 1.165) is 0 Å². The van der Waals surface area contributed by atoms with Crippen LogP contribution in [0, 0.1) is 0 Å². The minimum absolute atomic E-state index is 0.167. The first-order chi connectivity index (χ1) is 12.0. The predicted octanol–water partition coefficient (Wildman–Crippen LogP) is -1.72. The lowest BCUT2D eigenvalue weighted by Crippen LogP contribution is -2.41. The number of rotatable bonds is 10. The summed E-state index contributed by atoms with van der Waals surface area (Å²) in [7, 11) is 0. The van der Waals surface area contributed by atoms with Crippen LogP contribution >= 0.6 is 0 Å². The van der Waals surface area contributed by atoms with Crippen molar-refractivity contribution in [1.82, 2.24) is 10.6 Å². The molecule has 0 unspecified atom stereocenters. The minimum atomic E-state index is -0.805. The maximum absolute atomic E-state index is 12.3. The molecule has 7 N–H and O–H groups in total. The Morgan fingerprint density at radius 1 is 0.840 bits per heavy atom. The van der Waals surface area contributed by atoms with Crippen LogP contribution in [0.15, 0.2) is 18.2 Å². The summed E-state index contributed by atoms with van der Waals surface area (Å²) in [4.78, 5) is 24.5. The molecule has 0 radical (unpaired) electrons. The molecular weight excluding hydrogens is 330 g/mol. The van der Waals surface area contributed by atoms with E-state index in [0.29, 0.717) is 12.2 Å². The molecule has 0 aliphatic carbocycles. The van der Waals surface area contributed by atoms with Gasteiger partial charge in [0.1, 0.15) is 0 Å². The van der Waals surface area contributed by atoms with Gasteiger partial charge in [-0.3, -0.25) is 9.59 Å². The number of carbonyl (C=O) groups is 2. The Kier molecular flexibility index (Phi) is 8.86. The Hall–Kier alpha value is -2.20. The van der Waals surface area contributed by atoms with E-state index < -0.39 is 50.3 Å². The van der Waals surface area contributed by atoms with Crippen LogP contribution < -0.4 is 16.0 Å². The van der Waals surface area contributed by atoms with Crippen LogP contribution in [0.2, 0.25) is 0 Å². The summed E-state index contributed by atoms with van der Waals surface area (Å²) in [5, 5.41) is 44.1. The highest BCUT2D eigenvalue weighted by molar-refractivity contribution is 6.01. The van der Waals surface area contributed by atoms with E-state index in [9.17, 15) is 9.59 Å². The van der Waals surface area contributed by atoms with Crippen molar-refractivity contribution in [2.45, 2.75) is 19.0 Å². The van der Waals surface area contributed by atoms with E-state index in [2.05, 4.69) is 16.0 Å². The van der Waals surface area contributed by atoms with Gasteiger partial charge in [0.15, 0.2) is 0 Å². The molecule has 9 nitrogen and oxygen atoms in total. The summed E-state index contributed by atoms with van der Waals surface area (Å²) in [6, 6.07) is 2.82. The maximum atomic E-state index is 12.3. The Morgan fingerprint density at radius 2 is 1.24 bits per heavy atom. The summed E-state index contributed by atoms with van der Waals surface area (Å²) in [6.07, 6.45) is 0. The highest BCUT2D eigenvalue weighted by atomic mass is 16.3. The minimum Gasteiger partial charge on any atom is -0.394 e. The molecule has 0 spiro atoms. The first kappa shape index (κ1) is 20.8. The number of hydrogen-bond acceptors (Lipinski definition) is 7. The third-order valence-corrected chi connectivity index (χ3v) is 3.39. The number of carbonyl (C=O) groups excluding carboxylic acids is 2. The lowest BCUT2D eigenvalue weighted by molar-refractivity contribution is 0.0877. The average molecular weight is 355 g/mol. The topological polar surface area (TPSA) is 151 Å². The van der Waals surface area contributed by atoms with Crippen molar-refractivity contribution in [3.63, 3.8) is 0 Å². The molecule has 2 amide bonds. The molecule has 1 rings (SSSR count). The molecule has 0 bridgehead atoms. The van der Waals surface area contributed by atoms with Gasteiger partial charge in [-0.1, -0.05) is 0 Å². The SMILES string of the molecule is CCNc1cc(C(=O)NC(CO)CO)cc(C(=O)NC(CO)CO)c1. The molecular formula is C16H25N3O6. The van der Waals surface area contributed by atoms with Gasteiger partial charge in [0.2, 0.25) is 0 Å². The molecule has 0 fully saturated rings. The number of nitrogens with one attached hydrogen (secondary N) is 3. The number of anilines is 1. The Labute approximate surface area is 145 Å². The van der Waals surface area contributed by atoms with Gasteiger partial charge in [0.25, 0.3) is 11.8 Å². The lowest BCUT2D eigenvalue weighted by Gasteiger charge is -2.16. The van der Waals surface area contributed by atoms with E-state index in [1.807, 2.05) is 6.92 Å². The van der Waals surface area contributed by atoms with Crippen LogP contribution in [-0.2, 0) is 0 Å². The number of benzene rings is 1. The highest BCUT2D eigenvalue weighted by Gasteiger charge is 2.17. The third-order valence-electron chi connectivity index (χ3n) is 3.39. The van der Waals surface area contributed by atoms with Gasteiger partial charge in [-0.2, -0.15) is 0 Å². The fourth-order valence-electron chi connectivity index (χ4n) is 2.03. The number of hydrogen-bond donors (Lipinski definition) is 7. The monoisotopic (exact) mass is 355 g/mol. The van der Waals surface area contributed by atoms with Crippen molar-refractivity contribution in [2.75, 3.05) is 38.3 Å². The summed E-state index contributed by atoms with van der Waals surface area (Å²) in [5.41, 5.74) is 0.870. The quantitative estimate of drug-likeness (QED) is 0.264. The fraction of sp³-hybridized carbons (Fsp3) is 0.500. The largest absolute Gasteiger partial charge is 0.394 e. The van der Waals surface area contributed by atoms with Crippen LogP contribution in [0.25, 0.3) is 0 Å². The number of aliphatic hydroxyl groups excluding tert-OH is 4. The van der Waals surface area contributed by atoms with Crippen LogP contribution in [0.5, 0.6) is 0 Å². The molecule has 25 heavy (non-hydrogen) atoms. The molecule has 9 heteroatoms. The molecule has 1 aromatic rings. The first-order valence-electron chi connectivity index (χ1n) is 7.93. The van der Waals surface area contributed by atoms with Gasteiger partial charge in [0, 0.05) is 23.4 Å². The van der Waals surface area contributed by atoms with Crippen molar-refractivity contribution < 1.29 is 30.0 Å². The van der Waals surface area contributed by atoms with Crippen molar-refractivity contribution >= 4 is 17.5 Å². The second kappa shape index (κ2) is 10.6. The average Bonchev–Trinajstić information content (AvgIpc) is 2.63. The zero-order valence-electron chi connectivity index (χ0n) is 14.0. The summed E-state index contributed by atoms with van der Waals surface area (Å²) >= 11 is 0. The first-order valence-corrected chi connectivity index (χ1v) is 7.93. The fourth-order valence-corrected chi connectivity index (χ4v) is 2.03. The van der Waals surface area contributed by atoms with E-state index in [-0.39, 0.29) is 11.1 Å². The van der Waals surface area contributed by atoms with Crippen LogP contribution in [0.3, 0.4) is 0 Å². The van der Waals surface area contributed by atoms with Crippen molar-refractivity contribution in [2.24, 2.45) is 0 Å². The Bertz CT molecular complexity index is 529. The lowest BCUT2D eigenvalue weighted by atomic mass is 10.1.